The second kappa shape index (κ2) is 5.07. The van der Waals surface area contributed by atoms with Gasteiger partial charge >= 0.3 is 0 Å². The molecule has 0 aliphatic rings. The van der Waals surface area contributed by atoms with Crippen molar-refractivity contribution in [3.63, 3.8) is 0 Å². The summed E-state index contributed by atoms with van der Waals surface area (Å²) in [5.41, 5.74) is 2.12. The Bertz CT molecular complexity index is 839. The highest BCUT2D eigenvalue weighted by Crippen LogP contribution is 2.22. The second-order valence-electron chi connectivity index (χ2n) is 4.11. The van der Waals surface area contributed by atoms with Crippen LogP contribution < -0.4 is 0 Å². The number of rotatable bonds is 2. The van der Waals surface area contributed by atoms with Crippen LogP contribution >= 0.6 is 0 Å². The molecule has 0 atom stereocenters. The maximum Gasteiger partial charge on any atom is 0.294 e. The first-order chi connectivity index (χ1) is 9.04. The van der Waals surface area contributed by atoms with Crippen LogP contribution in [0.15, 0.2) is 53.4 Å². The van der Waals surface area contributed by atoms with E-state index in [9.17, 15) is 8.42 Å². The normalized spacial score (nSPS) is 11.2. The van der Waals surface area contributed by atoms with Gasteiger partial charge in [0, 0.05) is 5.56 Å². The number of aromatic nitrogens is 2. The number of hydrogen-bond donors (Lipinski definition) is 2. The number of aromatic amines is 1. The van der Waals surface area contributed by atoms with E-state index in [1.54, 1.807) is 6.07 Å². The average Bonchev–Trinajstić information content (AvgIpc) is 2.81. The van der Waals surface area contributed by atoms with E-state index in [1.807, 2.05) is 30.3 Å². The molecule has 3 rings (SSSR count). The SMILES string of the molecule is C.O=S(=O)(O)c1ccc2nc(-c3ccccc3)[nH]c2c1. The number of imidazole rings is 1. The molecule has 0 saturated heterocycles. The smallest absolute Gasteiger partial charge is 0.294 e. The fraction of sp³-hybridized carbons (Fsp3) is 0.0714. The van der Waals surface area contributed by atoms with E-state index in [1.165, 1.54) is 12.1 Å². The van der Waals surface area contributed by atoms with Gasteiger partial charge in [-0.2, -0.15) is 8.42 Å². The van der Waals surface area contributed by atoms with Crippen molar-refractivity contribution in [3.05, 3.63) is 48.5 Å². The Labute approximate surface area is 117 Å². The van der Waals surface area contributed by atoms with Gasteiger partial charge in [0.05, 0.1) is 15.9 Å². The molecule has 0 aliphatic heterocycles. The third kappa shape index (κ3) is 2.56. The third-order valence-corrected chi connectivity index (χ3v) is 3.65. The zero-order valence-corrected chi connectivity index (χ0v) is 10.6. The quantitative estimate of drug-likeness (QED) is 0.710. The molecular formula is C14H14N2O3S. The standard InChI is InChI=1S/C13H10N2O3S.CH4/c16-19(17,18)10-6-7-11-12(8-10)15-13(14-11)9-4-2-1-3-5-9;/h1-8H,(H,14,15)(H,16,17,18);1H4. The van der Waals surface area contributed by atoms with Crippen molar-refractivity contribution in [2.75, 3.05) is 0 Å². The van der Waals surface area contributed by atoms with Crippen molar-refractivity contribution < 1.29 is 13.0 Å². The van der Waals surface area contributed by atoms with Gasteiger partial charge in [0.1, 0.15) is 5.82 Å². The zero-order chi connectivity index (χ0) is 13.5. The third-order valence-electron chi connectivity index (χ3n) is 2.80. The molecule has 0 spiro atoms. The van der Waals surface area contributed by atoms with Crippen LogP contribution in [0.25, 0.3) is 22.4 Å². The topological polar surface area (TPSA) is 83.1 Å². The lowest BCUT2D eigenvalue weighted by Crippen LogP contribution is -1.97. The molecule has 0 unspecified atom stereocenters. The molecule has 1 heterocycles. The van der Waals surface area contributed by atoms with E-state index in [-0.39, 0.29) is 12.3 Å². The van der Waals surface area contributed by atoms with Crippen LogP contribution in [0.2, 0.25) is 0 Å². The highest BCUT2D eigenvalue weighted by Gasteiger charge is 2.12. The van der Waals surface area contributed by atoms with Gasteiger partial charge in [-0.15, -0.1) is 0 Å². The van der Waals surface area contributed by atoms with Gasteiger partial charge in [-0.25, -0.2) is 4.98 Å². The molecule has 0 amide bonds. The summed E-state index contributed by atoms with van der Waals surface area (Å²) < 4.78 is 31.2. The monoisotopic (exact) mass is 290 g/mol. The number of benzene rings is 2. The molecule has 0 saturated carbocycles. The second-order valence-corrected chi connectivity index (χ2v) is 5.53. The van der Waals surface area contributed by atoms with Crippen LogP contribution in [0, 0.1) is 0 Å². The minimum absolute atomic E-state index is 0. The van der Waals surface area contributed by atoms with Crippen molar-refractivity contribution in [1.82, 2.24) is 9.97 Å². The Morgan fingerprint density at radius 2 is 1.75 bits per heavy atom. The molecule has 104 valence electrons. The predicted molar refractivity (Wildman–Crippen MR) is 78.1 cm³/mol. The molecular weight excluding hydrogens is 276 g/mol. The number of nitrogens with zero attached hydrogens (tertiary/aromatic N) is 1. The molecule has 0 fully saturated rings. The minimum Gasteiger partial charge on any atom is -0.338 e. The first-order valence-electron chi connectivity index (χ1n) is 5.57. The Balaban J connectivity index is 0.00000147. The van der Waals surface area contributed by atoms with E-state index in [0.29, 0.717) is 16.9 Å². The maximum absolute atomic E-state index is 11.1. The van der Waals surface area contributed by atoms with Crippen molar-refractivity contribution in [3.8, 4) is 11.4 Å². The van der Waals surface area contributed by atoms with Crippen LogP contribution in [-0.4, -0.2) is 22.9 Å². The van der Waals surface area contributed by atoms with Crippen molar-refractivity contribution >= 4 is 21.2 Å². The molecule has 6 heteroatoms. The molecule has 2 N–H and O–H groups in total. The molecule has 0 bridgehead atoms. The highest BCUT2D eigenvalue weighted by molar-refractivity contribution is 7.85. The first-order valence-corrected chi connectivity index (χ1v) is 7.01. The lowest BCUT2D eigenvalue weighted by molar-refractivity contribution is 0.483. The number of nitrogens with one attached hydrogen (secondary N) is 1. The van der Waals surface area contributed by atoms with Crippen molar-refractivity contribution in [2.45, 2.75) is 12.3 Å². The zero-order valence-electron chi connectivity index (χ0n) is 9.74. The summed E-state index contributed by atoms with van der Waals surface area (Å²) in [5, 5.41) is 0. The molecule has 1 aromatic heterocycles. The Hall–Kier alpha value is -2.18. The fourth-order valence-electron chi connectivity index (χ4n) is 1.88. The van der Waals surface area contributed by atoms with Gasteiger partial charge in [-0.05, 0) is 18.2 Å². The van der Waals surface area contributed by atoms with Gasteiger partial charge in [-0.3, -0.25) is 4.55 Å². The van der Waals surface area contributed by atoms with Crippen molar-refractivity contribution in [2.24, 2.45) is 0 Å². The van der Waals surface area contributed by atoms with Crippen molar-refractivity contribution in [1.29, 1.82) is 0 Å². The summed E-state index contributed by atoms with van der Waals surface area (Å²) in [4.78, 5) is 7.26. The fourth-order valence-corrected chi connectivity index (χ4v) is 2.39. The summed E-state index contributed by atoms with van der Waals surface area (Å²) >= 11 is 0. The van der Waals surface area contributed by atoms with Gasteiger partial charge in [0.25, 0.3) is 10.1 Å². The molecule has 2 aromatic carbocycles. The number of hydrogen-bond acceptors (Lipinski definition) is 3. The molecule has 3 aromatic rings. The van der Waals surface area contributed by atoms with E-state index in [0.717, 1.165) is 5.56 Å². The molecule has 0 radical (unpaired) electrons. The maximum atomic E-state index is 11.1. The largest absolute Gasteiger partial charge is 0.338 e. The van der Waals surface area contributed by atoms with Gasteiger partial charge < -0.3 is 4.98 Å². The van der Waals surface area contributed by atoms with Gasteiger partial charge in [-0.1, -0.05) is 37.8 Å². The summed E-state index contributed by atoms with van der Waals surface area (Å²) in [6.45, 7) is 0. The van der Waals surface area contributed by atoms with Crippen LogP contribution in [0.4, 0.5) is 0 Å². The van der Waals surface area contributed by atoms with E-state index >= 15 is 0 Å². The molecule has 0 aliphatic carbocycles. The molecule has 20 heavy (non-hydrogen) atoms. The van der Waals surface area contributed by atoms with E-state index in [4.69, 9.17) is 4.55 Å². The van der Waals surface area contributed by atoms with E-state index in [2.05, 4.69) is 9.97 Å². The van der Waals surface area contributed by atoms with E-state index < -0.39 is 10.1 Å². The van der Waals surface area contributed by atoms with Crippen LogP contribution in [0.3, 0.4) is 0 Å². The number of fused-ring (bicyclic) bond motifs is 1. The average molecular weight is 290 g/mol. The lowest BCUT2D eigenvalue weighted by atomic mass is 10.2. The van der Waals surface area contributed by atoms with Crippen LogP contribution in [-0.2, 0) is 10.1 Å². The van der Waals surface area contributed by atoms with Gasteiger partial charge in [0.2, 0.25) is 0 Å². The first kappa shape index (κ1) is 14.2. The Kier molecular flexibility index (Phi) is 3.61. The molecule has 5 nitrogen and oxygen atoms in total. The van der Waals surface area contributed by atoms with Crippen LogP contribution in [0.5, 0.6) is 0 Å². The summed E-state index contributed by atoms with van der Waals surface area (Å²) in [6, 6.07) is 13.8. The highest BCUT2D eigenvalue weighted by atomic mass is 32.2. The summed E-state index contributed by atoms with van der Waals surface area (Å²) in [6.07, 6.45) is 0. The Morgan fingerprint density at radius 1 is 1.05 bits per heavy atom. The summed E-state index contributed by atoms with van der Waals surface area (Å²) in [5.74, 6) is 0.656. The predicted octanol–water partition coefficient (Wildman–Crippen LogP) is 3.11. The lowest BCUT2D eigenvalue weighted by Gasteiger charge is -1.95. The number of H-pyrrole nitrogens is 1. The summed E-state index contributed by atoms with van der Waals surface area (Å²) in [7, 11) is -4.20. The minimum atomic E-state index is -4.20. The Morgan fingerprint density at radius 3 is 2.40 bits per heavy atom. The van der Waals surface area contributed by atoms with Crippen LogP contribution in [0.1, 0.15) is 7.43 Å². The van der Waals surface area contributed by atoms with Gasteiger partial charge in [0.15, 0.2) is 0 Å².